The lowest BCUT2D eigenvalue weighted by molar-refractivity contribution is -0.885. The van der Waals surface area contributed by atoms with E-state index >= 15 is 0 Å². The second-order valence-corrected chi connectivity index (χ2v) is 8.82. The number of carbonyl (C=O) groups excluding carboxylic acids is 1. The standard InChI is InChI=1S/C13H26FNO4S/c1-13(2,14)7-10-20(18,19)9-6-5-8-15(3,4)11-12(16)17/h5-11H2,1-4H3. The Morgan fingerprint density at radius 2 is 1.75 bits per heavy atom. The Balaban J connectivity index is 4.03. The number of alkyl halides is 1. The predicted octanol–water partition coefficient (Wildman–Crippen LogP) is 0.146. The minimum absolute atomic E-state index is 0.00156. The minimum Gasteiger partial charge on any atom is -0.544 e. The lowest BCUT2D eigenvalue weighted by Crippen LogP contribution is -2.48. The van der Waals surface area contributed by atoms with Gasteiger partial charge >= 0.3 is 0 Å². The minimum atomic E-state index is -3.23. The molecule has 20 heavy (non-hydrogen) atoms. The van der Waals surface area contributed by atoms with E-state index < -0.39 is 21.5 Å². The molecule has 0 saturated heterocycles. The maximum absolute atomic E-state index is 13.3. The fourth-order valence-electron chi connectivity index (χ4n) is 1.79. The van der Waals surface area contributed by atoms with Crippen LogP contribution >= 0.6 is 0 Å². The zero-order valence-electron chi connectivity index (χ0n) is 12.8. The monoisotopic (exact) mass is 311 g/mol. The summed E-state index contributed by atoms with van der Waals surface area (Å²) < 4.78 is 36.9. The van der Waals surface area contributed by atoms with Crippen LogP contribution in [0.1, 0.15) is 33.1 Å². The van der Waals surface area contributed by atoms with Gasteiger partial charge in [-0.25, -0.2) is 12.8 Å². The number of carbonyl (C=O) groups is 1. The first-order valence-corrected chi connectivity index (χ1v) is 8.56. The van der Waals surface area contributed by atoms with E-state index in [1.54, 1.807) is 14.1 Å². The molecule has 0 atom stereocenters. The first kappa shape index (κ1) is 19.3. The summed E-state index contributed by atoms with van der Waals surface area (Å²) in [7, 11) is 0.289. The van der Waals surface area contributed by atoms with Crippen LogP contribution in [0.5, 0.6) is 0 Å². The van der Waals surface area contributed by atoms with E-state index in [-0.39, 0.29) is 29.0 Å². The summed E-state index contributed by atoms with van der Waals surface area (Å²) in [6.07, 6.45) is 1.07. The summed E-state index contributed by atoms with van der Waals surface area (Å²) in [5.74, 6) is -1.24. The van der Waals surface area contributed by atoms with Gasteiger partial charge in [-0.3, -0.25) is 0 Å². The highest BCUT2D eigenvalue weighted by Crippen LogP contribution is 2.15. The number of unbranched alkanes of at least 4 members (excludes halogenated alkanes) is 1. The number of carboxylic acids is 1. The van der Waals surface area contributed by atoms with Crippen LogP contribution in [0.15, 0.2) is 0 Å². The molecule has 0 bridgehead atoms. The predicted molar refractivity (Wildman–Crippen MR) is 74.5 cm³/mol. The van der Waals surface area contributed by atoms with Crippen molar-refractivity contribution in [2.75, 3.05) is 38.7 Å². The number of nitrogens with zero attached hydrogens (tertiary/aromatic N) is 1. The molecule has 7 heteroatoms. The molecule has 120 valence electrons. The summed E-state index contributed by atoms with van der Waals surface area (Å²) in [6, 6.07) is 0. The van der Waals surface area contributed by atoms with Crippen molar-refractivity contribution in [2.24, 2.45) is 0 Å². The van der Waals surface area contributed by atoms with Gasteiger partial charge < -0.3 is 14.4 Å². The molecule has 0 aromatic rings. The van der Waals surface area contributed by atoms with Crippen molar-refractivity contribution in [1.82, 2.24) is 0 Å². The zero-order valence-corrected chi connectivity index (χ0v) is 13.6. The molecule has 0 aliphatic rings. The summed E-state index contributed by atoms with van der Waals surface area (Å²) in [5.41, 5.74) is -1.47. The molecular weight excluding hydrogens is 285 g/mol. The molecule has 0 radical (unpaired) electrons. The van der Waals surface area contributed by atoms with Gasteiger partial charge in [-0.1, -0.05) is 0 Å². The lowest BCUT2D eigenvalue weighted by atomic mass is 10.1. The van der Waals surface area contributed by atoms with Crippen LogP contribution in [-0.2, 0) is 14.6 Å². The van der Waals surface area contributed by atoms with Gasteiger partial charge in [-0.2, -0.15) is 0 Å². The second-order valence-electron chi connectivity index (χ2n) is 6.52. The van der Waals surface area contributed by atoms with Gasteiger partial charge in [0.15, 0.2) is 0 Å². The van der Waals surface area contributed by atoms with Gasteiger partial charge in [-0.05, 0) is 33.1 Å². The number of hydrogen-bond acceptors (Lipinski definition) is 4. The molecule has 0 N–H and O–H groups in total. The first-order chi connectivity index (χ1) is 8.83. The van der Waals surface area contributed by atoms with Crippen molar-refractivity contribution in [3.8, 4) is 0 Å². The highest BCUT2D eigenvalue weighted by molar-refractivity contribution is 7.91. The SMILES string of the molecule is CC(C)(F)CCS(=O)(=O)CCCC[N+](C)(C)CC(=O)[O-]. The van der Waals surface area contributed by atoms with Crippen molar-refractivity contribution in [2.45, 2.75) is 38.8 Å². The highest BCUT2D eigenvalue weighted by Gasteiger charge is 2.21. The fourth-order valence-corrected chi connectivity index (χ4v) is 3.44. The van der Waals surface area contributed by atoms with E-state index in [9.17, 15) is 22.7 Å². The molecule has 0 unspecified atom stereocenters. The van der Waals surface area contributed by atoms with Gasteiger partial charge in [-0.15, -0.1) is 0 Å². The van der Waals surface area contributed by atoms with Crippen LogP contribution in [-0.4, -0.2) is 63.2 Å². The van der Waals surface area contributed by atoms with Gasteiger partial charge in [0.05, 0.1) is 38.1 Å². The summed E-state index contributed by atoms with van der Waals surface area (Å²) in [6.45, 7) is 3.20. The van der Waals surface area contributed by atoms with Crippen molar-refractivity contribution >= 4 is 15.8 Å². The molecule has 0 rings (SSSR count). The Hall–Kier alpha value is -0.690. The molecule has 0 heterocycles. The summed E-state index contributed by atoms with van der Waals surface area (Å²) in [5, 5.41) is 10.5. The smallest absolute Gasteiger partial charge is 0.150 e. The maximum atomic E-state index is 13.3. The van der Waals surface area contributed by atoms with Crippen molar-refractivity contribution in [1.29, 1.82) is 0 Å². The van der Waals surface area contributed by atoms with E-state index in [4.69, 9.17) is 0 Å². The molecule has 0 aliphatic heterocycles. The first-order valence-electron chi connectivity index (χ1n) is 6.74. The van der Waals surface area contributed by atoms with Crippen LogP contribution in [0.25, 0.3) is 0 Å². The third-order valence-electron chi connectivity index (χ3n) is 3.03. The molecule has 0 fully saturated rings. The molecular formula is C13H26FNO4S. The third-order valence-corrected chi connectivity index (χ3v) is 4.77. The quantitative estimate of drug-likeness (QED) is 0.425. The fraction of sp³-hybridized carbons (Fsp3) is 0.923. The number of sulfone groups is 1. The Kier molecular flexibility index (Phi) is 7.10. The highest BCUT2D eigenvalue weighted by atomic mass is 32.2. The van der Waals surface area contributed by atoms with Gasteiger partial charge in [0, 0.05) is 0 Å². The van der Waals surface area contributed by atoms with E-state index in [1.807, 2.05) is 0 Å². The van der Waals surface area contributed by atoms with Gasteiger partial charge in [0.2, 0.25) is 0 Å². The number of halogens is 1. The van der Waals surface area contributed by atoms with E-state index in [1.165, 1.54) is 13.8 Å². The Bertz CT molecular complexity index is 413. The summed E-state index contributed by atoms with van der Waals surface area (Å²) >= 11 is 0. The van der Waals surface area contributed by atoms with Crippen LogP contribution in [0.4, 0.5) is 4.39 Å². The van der Waals surface area contributed by atoms with Gasteiger partial charge in [0.25, 0.3) is 0 Å². The number of hydrogen-bond donors (Lipinski definition) is 0. The van der Waals surface area contributed by atoms with E-state index in [0.717, 1.165) is 0 Å². The number of aliphatic carboxylic acids is 1. The molecule has 0 saturated carbocycles. The van der Waals surface area contributed by atoms with E-state index in [0.29, 0.717) is 19.4 Å². The largest absolute Gasteiger partial charge is 0.544 e. The lowest BCUT2D eigenvalue weighted by Gasteiger charge is -2.30. The number of quaternary nitrogens is 1. The van der Waals surface area contributed by atoms with Crippen LogP contribution < -0.4 is 5.11 Å². The van der Waals surface area contributed by atoms with Crippen molar-refractivity contribution in [3.05, 3.63) is 0 Å². The van der Waals surface area contributed by atoms with Crippen LogP contribution in [0.2, 0.25) is 0 Å². The number of likely N-dealkylation sites (N-methyl/N-ethyl adjacent to an activating group) is 1. The molecule has 0 amide bonds. The molecule has 0 spiro atoms. The molecule has 0 aliphatic carbocycles. The topological polar surface area (TPSA) is 74.3 Å². The molecule has 5 nitrogen and oxygen atoms in total. The van der Waals surface area contributed by atoms with Crippen molar-refractivity contribution < 1.29 is 27.2 Å². The summed E-state index contributed by atoms with van der Waals surface area (Å²) in [4.78, 5) is 10.5. The Morgan fingerprint density at radius 1 is 1.20 bits per heavy atom. The average molecular weight is 311 g/mol. The molecule has 0 aromatic carbocycles. The third kappa shape index (κ3) is 11.2. The Morgan fingerprint density at radius 3 is 2.20 bits per heavy atom. The van der Waals surface area contributed by atoms with Crippen LogP contribution in [0.3, 0.4) is 0 Å². The maximum Gasteiger partial charge on any atom is 0.150 e. The van der Waals surface area contributed by atoms with Gasteiger partial charge in [0.1, 0.15) is 22.1 Å². The number of rotatable bonds is 10. The van der Waals surface area contributed by atoms with E-state index in [2.05, 4.69) is 0 Å². The Labute approximate surface area is 121 Å². The second kappa shape index (κ2) is 7.36. The average Bonchev–Trinajstić information content (AvgIpc) is 2.19. The number of carboxylic acid groups (broad SMARTS) is 1. The normalized spacial score (nSPS) is 13.4. The van der Waals surface area contributed by atoms with Crippen LogP contribution in [0, 0.1) is 0 Å². The zero-order chi connectivity index (χ0) is 16.0. The molecule has 0 aromatic heterocycles. The van der Waals surface area contributed by atoms with Crippen molar-refractivity contribution in [3.63, 3.8) is 0 Å².